The van der Waals surface area contributed by atoms with Gasteiger partial charge in [-0.15, -0.1) is 12.4 Å². The molecule has 1 saturated heterocycles. The fraction of sp³-hybridized carbons (Fsp3) is 0.381. The summed E-state index contributed by atoms with van der Waals surface area (Å²) in [5.74, 6) is -2.26. The number of halogens is 1. The third-order valence-corrected chi connectivity index (χ3v) is 5.00. The molecule has 1 heterocycles. The van der Waals surface area contributed by atoms with Crippen LogP contribution >= 0.6 is 12.4 Å². The van der Waals surface area contributed by atoms with E-state index in [4.69, 9.17) is 0 Å². The first-order valence-corrected chi connectivity index (χ1v) is 9.47. The Balaban J connectivity index is 0.00000320. The Labute approximate surface area is 181 Å². The number of rotatable bonds is 5. The lowest BCUT2D eigenvalue weighted by Crippen LogP contribution is -2.70. The van der Waals surface area contributed by atoms with E-state index in [2.05, 4.69) is 10.3 Å². The number of aliphatic imine (C=N–C) groups is 1. The van der Waals surface area contributed by atoms with Gasteiger partial charge in [0.15, 0.2) is 5.96 Å². The number of β-amino-alcohol motifs (C(OH)–C–C–N with tert-alkyl or cyclic N) is 2. The van der Waals surface area contributed by atoms with Gasteiger partial charge < -0.3 is 35.7 Å². The van der Waals surface area contributed by atoms with Crippen molar-refractivity contribution < 1.29 is 25.5 Å². The van der Waals surface area contributed by atoms with Gasteiger partial charge in [0, 0.05) is 6.54 Å². The number of guanidine groups is 1. The van der Waals surface area contributed by atoms with Gasteiger partial charge in [0.25, 0.3) is 0 Å². The quantitative estimate of drug-likeness (QED) is 0.218. The average molecular weight is 438 g/mol. The lowest BCUT2D eigenvalue weighted by molar-refractivity contribution is -0.280. The third kappa shape index (κ3) is 5.69. The van der Waals surface area contributed by atoms with Crippen LogP contribution in [0.1, 0.15) is 11.1 Å². The Morgan fingerprint density at radius 2 is 1.57 bits per heavy atom. The van der Waals surface area contributed by atoms with E-state index < -0.39 is 37.2 Å². The number of nitrogens with one attached hydrogen (secondary N) is 1. The molecule has 164 valence electrons. The van der Waals surface area contributed by atoms with E-state index in [0.29, 0.717) is 13.1 Å². The highest BCUT2D eigenvalue weighted by Gasteiger charge is 2.50. The molecule has 9 heteroatoms. The molecule has 0 aromatic heterocycles. The van der Waals surface area contributed by atoms with Crippen LogP contribution in [-0.2, 0) is 13.1 Å². The Kier molecular flexibility index (Phi) is 8.60. The van der Waals surface area contributed by atoms with Crippen molar-refractivity contribution in [2.45, 2.75) is 37.1 Å². The Hall–Kier alpha value is -2.20. The van der Waals surface area contributed by atoms with Crippen LogP contribution in [0.4, 0.5) is 0 Å². The molecule has 30 heavy (non-hydrogen) atoms. The summed E-state index contributed by atoms with van der Waals surface area (Å²) >= 11 is 0. The van der Waals surface area contributed by atoms with Gasteiger partial charge >= 0.3 is 0 Å². The number of aliphatic hydroxyl groups excluding tert-OH is 3. The number of likely N-dealkylation sites (tertiary alicyclic amines) is 1. The molecule has 3 atom stereocenters. The molecule has 6 N–H and O–H groups in total. The molecule has 8 nitrogen and oxygen atoms in total. The molecular formula is C21H28ClN3O5. The van der Waals surface area contributed by atoms with Crippen LogP contribution in [0.3, 0.4) is 0 Å². The molecule has 3 rings (SSSR count). The van der Waals surface area contributed by atoms with Crippen molar-refractivity contribution in [3.63, 3.8) is 0 Å². The number of hydrogen-bond donors (Lipinski definition) is 6. The molecule has 0 spiro atoms. The molecule has 1 fully saturated rings. The van der Waals surface area contributed by atoms with Crippen LogP contribution in [-0.4, -0.2) is 73.6 Å². The molecule has 1 aliphatic rings. The summed E-state index contributed by atoms with van der Waals surface area (Å²) in [4.78, 5) is 5.95. The number of piperidine rings is 1. The summed E-state index contributed by atoms with van der Waals surface area (Å²) in [5.41, 5.74) is 1.93. The summed E-state index contributed by atoms with van der Waals surface area (Å²) in [6, 6.07) is 18.2. The zero-order chi connectivity index (χ0) is 20.9. The van der Waals surface area contributed by atoms with E-state index in [9.17, 15) is 25.5 Å². The van der Waals surface area contributed by atoms with Gasteiger partial charge in [-0.1, -0.05) is 60.7 Å². The largest absolute Gasteiger partial charge is 0.394 e. The van der Waals surface area contributed by atoms with Gasteiger partial charge in [0.1, 0.15) is 12.2 Å². The Bertz CT molecular complexity index is 807. The van der Waals surface area contributed by atoms with E-state index in [1.807, 2.05) is 60.7 Å². The molecule has 2 aromatic carbocycles. The van der Waals surface area contributed by atoms with Crippen LogP contribution in [0.25, 0.3) is 0 Å². The zero-order valence-electron chi connectivity index (χ0n) is 16.4. The van der Waals surface area contributed by atoms with Crippen LogP contribution in [0.15, 0.2) is 65.7 Å². The molecule has 0 radical (unpaired) electrons. The van der Waals surface area contributed by atoms with E-state index in [0.717, 1.165) is 11.1 Å². The molecule has 0 bridgehead atoms. The zero-order valence-corrected chi connectivity index (χ0v) is 17.2. The monoisotopic (exact) mass is 437 g/mol. The molecule has 0 unspecified atom stereocenters. The van der Waals surface area contributed by atoms with E-state index in [1.54, 1.807) is 0 Å². The summed E-state index contributed by atoms with van der Waals surface area (Å²) in [5, 5.41) is 53.5. The second kappa shape index (κ2) is 10.7. The average Bonchev–Trinajstić information content (AvgIpc) is 2.73. The van der Waals surface area contributed by atoms with Crippen LogP contribution in [0.2, 0.25) is 0 Å². The minimum atomic E-state index is -2.55. The summed E-state index contributed by atoms with van der Waals surface area (Å²) < 4.78 is 0. The van der Waals surface area contributed by atoms with Gasteiger partial charge in [-0.2, -0.15) is 0 Å². The van der Waals surface area contributed by atoms with Crippen LogP contribution in [0, 0.1) is 0 Å². The number of hydrogen-bond acceptors (Lipinski definition) is 6. The Morgan fingerprint density at radius 1 is 1.00 bits per heavy atom. The van der Waals surface area contributed by atoms with Gasteiger partial charge in [0.05, 0.1) is 25.7 Å². The minimum absolute atomic E-state index is 0. The second-order valence-corrected chi connectivity index (χ2v) is 7.16. The maximum Gasteiger partial charge on any atom is 0.210 e. The van der Waals surface area contributed by atoms with Crippen molar-refractivity contribution in [3.05, 3.63) is 71.8 Å². The van der Waals surface area contributed by atoms with Crippen molar-refractivity contribution >= 4 is 18.4 Å². The highest BCUT2D eigenvalue weighted by molar-refractivity contribution is 5.85. The first-order valence-electron chi connectivity index (χ1n) is 9.47. The standard InChI is InChI=1S/C21H27N3O5.ClH/c25-13-17-18(26)19(27)21(28,29)14-24(17)20(22-11-15-7-3-1-4-8-15)23-12-16-9-5-2-6-10-16;/h1-10,17-19,25-29H,11-14H2,(H,22,23);1H/t17-,18+,19-;/m0./s1. The lowest BCUT2D eigenvalue weighted by Gasteiger charge is -2.47. The molecule has 0 aliphatic carbocycles. The van der Waals surface area contributed by atoms with Crippen LogP contribution in [0.5, 0.6) is 0 Å². The van der Waals surface area contributed by atoms with Crippen molar-refractivity contribution in [2.24, 2.45) is 4.99 Å². The molecule has 1 aliphatic heterocycles. The first-order chi connectivity index (χ1) is 13.9. The normalized spacial score (nSPS) is 23.6. The van der Waals surface area contributed by atoms with E-state index in [-0.39, 0.29) is 18.4 Å². The summed E-state index contributed by atoms with van der Waals surface area (Å²) in [6.07, 6.45) is -3.37. The molecule has 0 saturated carbocycles. The van der Waals surface area contributed by atoms with E-state index >= 15 is 0 Å². The molecule has 2 aromatic rings. The lowest BCUT2D eigenvalue weighted by atomic mass is 9.92. The SMILES string of the molecule is Cl.OC[C@H]1[C@@H](O)[C@H](O)C(O)(O)CN1C(=NCc1ccccc1)NCc1ccccc1. The highest BCUT2D eigenvalue weighted by atomic mass is 35.5. The maximum absolute atomic E-state index is 10.3. The van der Waals surface area contributed by atoms with Crippen molar-refractivity contribution in [2.75, 3.05) is 13.2 Å². The Morgan fingerprint density at radius 3 is 2.13 bits per heavy atom. The van der Waals surface area contributed by atoms with Gasteiger partial charge in [-0.3, -0.25) is 0 Å². The minimum Gasteiger partial charge on any atom is -0.394 e. The van der Waals surface area contributed by atoms with Crippen LogP contribution < -0.4 is 5.32 Å². The summed E-state index contributed by atoms with van der Waals surface area (Å²) in [6.45, 7) is -0.196. The maximum atomic E-state index is 10.3. The fourth-order valence-electron chi connectivity index (χ4n) is 3.34. The van der Waals surface area contributed by atoms with Gasteiger partial charge in [-0.25, -0.2) is 4.99 Å². The summed E-state index contributed by atoms with van der Waals surface area (Å²) in [7, 11) is 0. The smallest absolute Gasteiger partial charge is 0.210 e. The second-order valence-electron chi connectivity index (χ2n) is 7.16. The number of nitrogens with zero attached hydrogens (tertiary/aromatic N) is 2. The van der Waals surface area contributed by atoms with Crippen molar-refractivity contribution in [1.29, 1.82) is 0 Å². The topological polar surface area (TPSA) is 129 Å². The van der Waals surface area contributed by atoms with Gasteiger partial charge in [-0.05, 0) is 11.1 Å². The third-order valence-electron chi connectivity index (χ3n) is 5.00. The fourth-order valence-corrected chi connectivity index (χ4v) is 3.34. The predicted molar refractivity (Wildman–Crippen MR) is 115 cm³/mol. The van der Waals surface area contributed by atoms with E-state index in [1.165, 1.54) is 4.90 Å². The van der Waals surface area contributed by atoms with Gasteiger partial charge in [0.2, 0.25) is 5.79 Å². The highest BCUT2D eigenvalue weighted by Crippen LogP contribution is 2.25. The first kappa shape index (κ1) is 24.1. The molecular weight excluding hydrogens is 410 g/mol. The molecule has 0 amide bonds. The number of aliphatic hydroxyl groups is 5. The number of benzene rings is 2. The predicted octanol–water partition coefficient (Wildman–Crippen LogP) is -0.167. The van der Waals surface area contributed by atoms with Crippen molar-refractivity contribution in [1.82, 2.24) is 10.2 Å². The van der Waals surface area contributed by atoms with Crippen molar-refractivity contribution in [3.8, 4) is 0 Å².